The standard InChI is InChI=1S/C19H20FN3O3S/c1-9(2)15-12-8-14(27-18(12)23(4)22-15)17(24)21-16(19(25)26)11-5-6-13(20)10(3)7-11/h5-9,16H,1-4H3,(H,21,24)(H,25,26). The molecule has 0 spiro atoms. The summed E-state index contributed by atoms with van der Waals surface area (Å²) in [6.45, 7) is 5.60. The summed E-state index contributed by atoms with van der Waals surface area (Å²) in [7, 11) is 1.81. The Labute approximate surface area is 159 Å². The van der Waals surface area contributed by atoms with Crippen molar-refractivity contribution in [2.75, 3.05) is 0 Å². The molecular formula is C19H20FN3O3S. The van der Waals surface area contributed by atoms with Gasteiger partial charge >= 0.3 is 5.97 Å². The molecule has 0 aliphatic carbocycles. The Bertz CT molecular complexity index is 1040. The number of hydrogen-bond acceptors (Lipinski definition) is 4. The van der Waals surface area contributed by atoms with E-state index in [1.54, 1.807) is 17.7 Å². The van der Waals surface area contributed by atoms with E-state index in [1.165, 1.54) is 29.5 Å². The van der Waals surface area contributed by atoms with Gasteiger partial charge < -0.3 is 10.4 Å². The van der Waals surface area contributed by atoms with Gasteiger partial charge in [-0.25, -0.2) is 9.18 Å². The Kier molecular flexibility index (Phi) is 5.01. The summed E-state index contributed by atoms with van der Waals surface area (Å²) in [5.74, 6) is -1.92. The number of carbonyl (C=O) groups excluding carboxylic acids is 1. The third kappa shape index (κ3) is 3.57. The number of halogens is 1. The number of rotatable bonds is 5. The van der Waals surface area contributed by atoms with Crippen LogP contribution >= 0.6 is 11.3 Å². The molecule has 2 N–H and O–H groups in total. The van der Waals surface area contributed by atoms with Gasteiger partial charge in [0.1, 0.15) is 10.6 Å². The lowest BCUT2D eigenvalue weighted by molar-refractivity contribution is -0.139. The molecule has 142 valence electrons. The zero-order chi connectivity index (χ0) is 19.9. The molecule has 1 aromatic carbocycles. The zero-order valence-electron chi connectivity index (χ0n) is 15.4. The first kappa shape index (κ1) is 19.0. The zero-order valence-corrected chi connectivity index (χ0v) is 16.2. The summed E-state index contributed by atoms with van der Waals surface area (Å²) in [6.07, 6.45) is 0. The molecule has 8 heteroatoms. The fraction of sp³-hybridized carbons (Fsp3) is 0.316. The minimum atomic E-state index is -1.26. The molecule has 0 saturated carbocycles. The Hall–Kier alpha value is -2.74. The molecule has 1 amide bonds. The maximum Gasteiger partial charge on any atom is 0.330 e. The van der Waals surface area contributed by atoms with Gasteiger partial charge in [-0.2, -0.15) is 5.10 Å². The van der Waals surface area contributed by atoms with E-state index in [0.29, 0.717) is 16.0 Å². The van der Waals surface area contributed by atoms with Crippen LogP contribution in [0.2, 0.25) is 0 Å². The van der Waals surface area contributed by atoms with Gasteiger partial charge in [0, 0.05) is 12.4 Å². The summed E-state index contributed by atoms with van der Waals surface area (Å²) in [5, 5.41) is 17.4. The number of nitrogens with one attached hydrogen (secondary N) is 1. The van der Waals surface area contributed by atoms with Gasteiger partial charge in [-0.05, 0) is 36.1 Å². The number of aliphatic carboxylic acids is 1. The number of aromatic nitrogens is 2. The molecule has 6 nitrogen and oxygen atoms in total. The van der Waals surface area contributed by atoms with Gasteiger partial charge in [0.25, 0.3) is 5.91 Å². The lowest BCUT2D eigenvalue weighted by Crippen LogP contribution is -2.33. The lowest BCUT2D eigenvalue weighted by Gasteiger charge is -2.15. The Morgan fingerprint density at radius 2 is 2.00 bits per heavy atom. The second kappa shape index (κ2) is 7.11. The summed E-state index contributed by atoms with van der Waals surface area (Å²) >= 11 is 1.26. The van der Waals surface area contributed by atoms with Gasteiger partial charge in [0.2, 0.25) is 0 Å². The highest BCUT2D eigenvalue weighted by atomic mass is 32.1. The minimum Gasteiger partial charge on any atom is -0.479 e. The molecule has 0 bridgehead atoms. The van der Waals surface area contributed by atoms with Crippen LogP contribution in [0.15, 0.2) is 24.3 Å². The van der Waals surface area contributed by atoms with Crippen LogP contribution in [0.5, 0.6) is 0 Å². The highest BCUT2D eigenvalue weighted by molar-refractivity contribution is 7.20. The fourth-order valence-corrected chi connectivity index (χ4v) is 3.92. The first-order chi connectivity index (χ1) is 12.7. The van der Waals surface area contributed by atoms with Crippen molar-refractivity contribution < 1.29 is 19.1 Å². The van der Waals surface area contributed by atoms with Crippen LogP contribution < -0.4 is 5.32 Å². The third-order valence-corrected chi connectivity index (χ3v) is 5.55. The van der Waals surface area contributed by atoms with Gasteiger partial charge in [-0.1, -0.05) is 26.0 Å². The highest BCUT2D eigenvalue weighted by Gasteiger charge is 2.25. The number of hydrogen-bond donors (Lipinski definition) is 2. The molecule has 0 radical (unpaired) electrons. The third-order valence-electron chi connectivity index (χ3n) is 4.35. The van der Waals surface area contributed by atoms with E-state index in [1.807, 2.05) is 20.9 Å². The maximum absolute atomic E-state index is 13.5. The predicted octanol–water partition coefficient (Wildman–Crippen LogP) is 3.76. The minimum absolute atomic E-state index is 0.202. The smallest absolute Gasteiger partial charge is 0.330 e. The Balaban J connectivity index is 1.92. The monoisotopic (exact) mass is 389 g/mol. The van der Waals surface area contributed by atoms with E-state index in [0.717, 1.165) is 15.9 Å². The molecule has 1 unspecified atom stereocenters. The quantitative estimate of drug-likeness (QED) is 0.696. The van der Waals surface area contributed by atoms with E-state index in [4.69, 9.17) is 0 Å². The van der Waals surface area contributed by atoms with Crippen LogP contribution in [0.4, 0.5) is 4.39 Å². The number of amides is 1. The van der Waals surface area contributed by atoms with Gasteiger partial charge in [-0.3, -0.25) is 9.48 Å². The first-order valence-electron chi connectivity index (χ1n) is 8.45. The van der Waals surface area contributed by atoms with E-state index in [9.17, 15) is 19.1 Å². The van der Waals surface area contributed by atoms with E-state index < -0.39 is 23.7 Å². The van der Waals surface area contributed by atoms with Crippen molar-refractivity contribution in [1.82, 2.24) is 15.1 Å². The maximum atomic E-state index is 13.5. The van der Waals surface area contributed by atoms with Crippen molar-refractivity contribution in [1.29, 1.82) is 0 Å². The van der Waals surface area contributed by atoms with E-state index >= 15 is 0 Å². The molecule has 0 aliphatic rings. The van der Waals surface area contributed by atoms with E-state index in [-0.39, 0.29) is 5.92 Å². The topological polar surface area (TPSA) is 84.2 Å². The first-order valence-corrected chi connectivity index (χ1v) is 9.26. The molecule has 0 fully saturated rings. The molecule has 3 rings (SSSR count). The molecule has 1 atom stereocenters. The van der Waals surface area contributed by atoms with Crippen molar-refractivity contribution in [3.8, 4) is 0 Å². The van der Waals surface area contributed by atoms with E-state index in [2.05, 4.69) is 10.4 Å². The Morgan fingerprint density at radius 1 is 1.30 bits per heavy atom. The number of aryl methyl sites for hydroxylation is 2. The summed E-state index contributed by atoms with van der Waals surface area (Å²) in [6, 6.07) is 4.48. The van der Waals surface area contributed by atoms with Gasteiger partial charge in [-0.15, -0.1) is 11.3 Å². The summed E-state index contributed by atoms with van der Waals surface area (Å²) < 4.78 is 15.2. The van der Waals surface area contributed by atoms with Gasteiger partial charge in [0.05, 0.1) is 10.6 Å². The predicted molar refractivity (Wildman–Crippen MR) is 102 cm³/mol. The summed E-state index contributed by atoms with van der Waals surface area (Å²) in [4.78, 5) is 25.6. The molecule has 27 heavy (non-hydrogen) atoms. The molecule has 3 aromatic rings. The highest BCUT2D eigenvalue weighted by Crippen LogP contribution is 2.32. The number of thiophene rings is 1. The van der Waals surface area contributed by atoms with Crippen LogP contribution in [0.25, 0.3) is 10.2 Å². The van der Waals surface area contributed by atoms with Crippen LogP contribution in [0, 0.1) is 12.7 Å². The molecule has 2 heterocycles. The Morgan fingerprint density at radius 3 is 2.59 bits per heavy atom. The van der Waals surface area contributed by atoms with Crippen molar-refractivity contribution >= 4 is 33.4 Å². The second-order valence-corrected chi connectivity index (χ2v) is 7.78. The molecule has 2 aromatic heterocycles. The lowest BCUT2D eigenvalue weighted by atomic mass is 10.0. The largest absolute Gasteiger partial charge is 0.479 e. The number of nitrogens with zero attached hydrogens (tertiary/aromatic N) is 2. The molecule has 0 saturated heterocycles. The number of carboxylic acid groups (broad SMARTS) is 1. The van der Waals surface area contributed by atoms with Crippen LogP contribution in [0.1, 0.15) is 52.3 Å². The number of benzene rings is 1. The van der Waals surface area contributed by atoms with Crippen molar-refractivity contribution in [3.63, 3.8) is 0 Å². The molecular weight excluding hydrogens is 369 g/mol. The van der Waals surface area contributed by atoms with Crippen molar-refractivity contribution in [2.24, 2.45) is 7.05 Å². The second-order valence-electron chi connectivity index (χ2n) is 6.75. The van der Waals surface area contributed by atoms with Crippen molar-refractivity contribution in [3.05, 3.63) is 51.8 Å². The number of fused-ring (bicyclic) bond motifs is 1. The SMILES string of the molecule is Cc1cc(C(NC(=O)c2cc3c(C(C)C)nn(C)c3s2)C(=O)O)ccc1F. The average Bonchev–Trinajstić information content (AvgIpc) is 3.15. The summed E-state index contributed by atoms with van der Waals surface area (Å²) in [5.41, 5.74) is 1.54. The van der Waals surface area contributed by atoms with Crippen LogP contribution in [-0.2, 0) is 11.8 Å². The number of carboxylic acids is 1. The average molecular weight is 389 g/mol. The fourth-order valence-electron chi connectivity index (χ4n) is 2.94. The number of carbonyl (C=O) groups is 2. The van der Waals surface area contributed by atoms with Gasteiger partial charge in [0.15, 0.2) is 6.04 Å². The van der Waals surface area contributed by atoms with Crippen LogP contribution in [0.3, 0.4) is 0 Å². The van der Waals surface area contributed by atoms with Crippen LogP contribution in [-0.4, -0.2) is 26.8 Å². The molecule has 0 aliphatic heterocycles. The normalized spacial score (nSPS) is 12.5. The van der Waals surface area contributed by atoms with Crippen molar-refractivity contribution in [2.45, 2.75) is 32.7 Å².